The first kappa shape index (κ1) is 18.0. The maximum Gasteiger partial charge on any atom is 0.174 e. The number of pyridine rings is 1. The fraction of sp³-hybridized carbons (Fsp3) is 0.235. The highest BCUT2D eigenvalue weighted by molar-refractivity contribution is 14.0. The number of anilines is 2. The topological polar surface area (TPSA) is 75.8 Å². The lowest BCUT2D eigenvalue weighted by atomic mass is 10.1. The number of imidazole rings is 1. The third-order valence-corrected chi connectivity index (χ3v) is 3.64. The van der Waals surface area contributed by atoms with Crippen molar-refractivity contribution in [2.24, 2.45) is 7.05 Å². The van der Waals surface area contributed by atoms with Crippen LogP contribution in [-0.4, -0.2) is 21.1 Å². The lowest BCUT2D eigenvalue weighted by Gasteiger charge is -2.12. The molecular formula is C17H18IN5O. The number of nitrogens with one attached hydrogen (secondary N) is 1. The first-order chi connectivity index (χ1) is 11.2. The van der Waals surface area contributed by atoms with E-state index in [1.54, 1.807) is 12.5 Å². The fourth-order valence-electron chi connectivity index (χ4n) is 2.43. The van der Waals surface area contributed by atoms with Gasteiger partial charge in [0.2, 0.25) is 0 Å². The minimum absolute atomic E-state index is 0. The van der Waals surface area contributed by atoms with E-state index in [9.17, 15) is 0 Å². The quantitative estimate of drug-likeness (QED) is 0.618. The van der Waals surface area contributed by atoms with Crippen LogP contribution in [0.25, 0.3) is 11.0 Å². The molecule has 1 N–H and O–H groups in total. The predicted molar refractivity (Wildman–Crippen MR) is 104 cm³/mol. The first-order valence-corrected chi connectivity index (χ1v) is 7.38. The molecule has 0 spiro atoms. The maximum atomic E-state index is 8.59. The molecule has 0 radical (unpaired) electrons. The third-order valence-electron chi connectivity index (χ3n) is 3.64. The average molecular weight is 435 g/mol. The van der Waals surface area contributed by atoms with Crippen molar-refractivity contribution < 1.29 is 4.74 Å². The molecule has 0 aliphatic heterocycles. The van der Waals surface area contributed by atoms with Gasteiger partial charge in [0.1, 0.15) is 23.2 Å². The van der Waals surface area contributed by atoms with Gasteiger partial charge in [0.15, 0.2) is 6.61 Å². The van der Waals surface area contributed by atoms with Crippen molar-refractivity contribution in [3.63, 3.8) is 0 Å². The van der Waals surface area contributed by atoms with Gasteiger partial charge < -0.3 is 14.6 Å². The zero-order valence-electron chi connectivity index (χ0n) is 13.5. The van der Waals surface area contributed by atoms with Crippen LogP contribution in [-0.2, 0) is 13.5 Å². The molecule has 24 heavy (non-hydrogen) atoms. The summed E-state index contributed by atoms with van der Waals surface area (Å²) >= 11 is 0. The molecular weight excluding hydrogens is 417 g/mol. The Bertz CT molecular complexity index is 884. The molecule has 0 bridgehead atoms. The zero-order chi connectivity index (χ0) is 16.2. The van der Waals surface area contributed by atoms with Gasteiger partial charge in [-0.3, -0.25) is 0 Å². The minimum Gasteiger partial charge on any atom is -0.479 e. The summed E-state index contributed by atoms with van der Waals surface area (Å²) < 4.78 is 7.31. The van der Waals surface area contributed by atoms with Gasteiger partial charge in [-0.2, -0.15) is 5.26 Å². The van der Waals surface area contributed by atoms with Crippen molar-refractivity contribution in [3.05, 3.63) is 42.4 Å². The number of hydrogen-bond acceptors (Lipinski definition) is 5. The molecule has 124 valence electrons. The predicted octanol–water partition coefficient (Wildman–Crippen LogP) is 3.79. The monoisotopic (exact) mass is 435 g/mol. The van der Waals surface area contributed by atoms with Crippen molar-refractivity contribution in [1.29, 1.82) is 5.26 Å². The maximum absolute atomic E-state index is 8.59. The number of halogens is 1. The van der Waals surface area contributed by atoms with Gasteiger partial charge in [-0.15, -0.1) is 24.0 Å². The number of rotatable bonds is 5. The smallest absolute Gasteiger partial charge is 0.174 e. The van der Waals surface area contributed by atoms with E-state index in [0.29, 0.717) is 5.75 Å². The van der Waals surface area contributed by atoms with Gasteiger partial charge in [0.05, 0.1) is 18.0 Å². The van der Waals surface area contributed by atoms with Crippen molar-refractivity contribution in [2.75, 3.05) is 11.9 Å². The summed E-state index contributed by atoms with van der Waals surface area (Å²) in [5.74, 6) is 1.46. The summed E-state index contributed by atoms with van der Waals surface area (Å²) in [6.45, 7) is 2.13. The molecule has 6 nitrogen and oxygen atoms in total. The molecule has 7 heteroatoms. The highest BCUT2D eigenvalue weighted by Gasteiger charge is 2.07. The number of nitrogens with zero attached hydrogens (tertiary/aromatic N) is 4. The second-order valence-corrected chi connectivity index (χ2v) is 5.16. The number of ether oxygens (including phenoxy) is 1. The van der Waals surface area contributed by atoms with E-state index in [-0.39, 0.29) is 30.6 Å². The summed E-state index contributed by atoms with van der Waals surface area (Å²) in [6.07, 6.45) is 4.38. The summed E-state index contributed by atoms with van der Waals surface area (Å²) in [6, 6.07) is 9.69. The molecule has 0 saturated heterocycles. The van der Waals surface area contributed by atoms with Crippen LogP contribution in [0.4, 0.5) is 11.5 Å². The molecule has 0 saturated carbocycles. The molecule has 0 amide bonds. The number of aryl methyl sites for hydroxylation is 2. The average Bonchev–Trinajstić information content (AvgIpc) is 2.94. The lowest BCUT2D eigenvalue weighted by Crippen LogP contribution is -2.00. The van der Waals surface area contributed by atoms with Crippen LogP contribution in [0.15, 0.2) is 36.8 Å². The van der Waals surface area contributed by atoms with Gasteiger partial charge in [-0.1, -0.05) is 6.92 Å². The Morgan fingerprint density at radius 2 is 2.12 bits per heavy atom. The van der Waals surface area contributed by atoms with E-state index in [4.69, 9.17) is 10.00 Å². The Morgan fingerprint density at radius 1 is 1.29 bits per heavy atom. The van der Waals surface area contributed by atoms with E-state index < -0.39 is 0 Å². The van der Waals surface area contributed by atoms with Crippen molar-refractivity contribution in [2.45, 2.75) is 13.3 Å². The zero-order valence-corrected chi connectivity index (χ0v) is 15.8. The van der Waals surface area contributed by atoms with Crippen molar-refractivity contribution >= 4 is 46.5 Å². The van der Waals surface area contributed by atoms with Crippen LogP contribution in [0.5, 0.6) is 5.75 Å². The molecule has 0 aliphatic rings. The summed E-state index contributed by atoms with van der Waals surface area (Å²) in [5.41, 5.74) is 3.97. The van der Waals surface area contributed by atoms with Gasteiger partial charge >= 0.3 is 0 Å². The normalized spacial score (nSPS) is 10.0. The molecule has 2 heterocycles. The molecule has 3 rings (SSSR count). The molecule has 1 aromatic carbocycles. The Hall–Kier alpha value is -2.34. The van der Waals surface area contributed by atoms with Gasteiger partial charge in [0, 0.05) is 18.8 Å². The van der Waals surface area contributed by atoms with Crippen LogP contribution in [0.1, 0.15) is 12.5 Å². The number of nitriles is 1. The number of hydrogen-bond donors (Lipinski definition) is 1. The minimum atomic E-state index is 0. The molecule has 0 unspecified atom stereocenters. The summed E-state index contributed by atoms with van der Waals surface area (Å²) in [4.78, 5) is 8.67. The highest BCUT2D eigenvalue weighted by Crippen LogP contribution is 2.26. The standard InChI is InChI=1S/C17H17N5O.HI/c1-3-12-8-13(23-7-6-18)4-5-14(12)21-17-9-16-15(10-19-17)20-11-22(16)2;/h4-5,8-11H,3,7H2,1-2H3,(H,19,21);1H. The number of benzene rings is 1. The Labute approximate surface area is 157 Å². The molecule has 2 aromatic heterocycles. The summed E-state index contributed by atoms with van der Waals surface area (Å²) in [5, 5.41) is 11.9. The summed E-state index contributed by atoms with van der Waals surface area (Å²) in [7, 11) is 1.96. The fourth-order valence-corrected chi connectivity index (χ4v) is 2.43. The van der Waals surface area contributed by atoms with E-state index in [1.165, 1.54) is 0 Å². The second-order valence-electron chi connectivity index (χ2n) is 5.16. The second kappa shape index (κ2) is 7.97. The van der Waals surface area contributed by atoms with Crippen LogP contribution in [0.2, 0.25) is 0 Å². The van der Waals surface area contributed by atoms with Crippen LogP contribution in [0.3, 0.4) is 0 Å². The molecule has 0 atom stereocenters. The van der Waals surface area contributed by atoms with E-state index in [0.717, 1.165) is 34.5 Å². The van der Waals surface area contributed by atoms with Crippen molar-refractivity contribution in [1.82, 2.24) is 14.5 Å². The van der Waals surface area contributed by atoms with Crippen LogP contribution >= 0.6 is 24.0 Å². The molecule has 0 fully saturated rings. The Morgan fingerprint density at radius 3 is 2.88 bits per heavy atom. The Kier molecular flexibility index (Phi) is 5.98. The lowest BCUT2D eigenvalue weighted by molar-refractivity contribution is 0.368. The van der Waals surface area contributed by atoms with Gasteiger partial charge in [0.25, 0.3) is 0 Å². The number of fused-ring (bicyclic) bond motifs is 1. The van der Waals surface area contributed by atoms with Gasteiger partial charge in [-0.05, 0) is 30.2 Å². The first-order valence-electron chi connectivity index (χ1n) is 7.38. The highest BCUT2D eigenvalue weighted by atomic mass is 127. The van der Waals surface area contributed by atoms with Crippen LogP contribution < -0.4 is 10.1 Å². The van der Waals surface area contributed by atoms with E-state index in [1.807, 2.05) is 41.9 Å². The van der Waals surface area contributed by atoms with Gasteiger partial charge in [-0.25, -0.2) is 9.97 Å². The third kappa shape index (κ3) is 3.76. The van der Waals surface area contributed by atoms with Crippen LogP contribution in [0, 0.1) is 11.3 Å². The SMILES string of the molecule is CCc1cc(OCC#N)ccc1Nc1cc2c(cn1)ncn2C.I. The Balaban J connectivity index is 0.00000208. The molecule has 3 aromatic rings. The van der Waals surface area contributed by atoms with Crippen molar-refractivity contribution in [3.8, 4) is 11.8 Å². The number of aromatic nitrogens is 3. The van der Waals surface area contributed by atoms with E-state index in [2.05, 4.69) is 22.2 Å². The molecule has 0 aliphatic carbocycles. The largest absolute Gasteiger partial charge is 0.479 e. The van der Waals surface area contributed by atoms with E-state index >= 15 is 0 Å².